The van der Waals surface area contributed by atoms with E-state index in [-0.39, 0.29) is 46.9 Å². The lowest BCUT2D eigenvalue weighted by molar-refractivity contribution is -0.134. The van der Waals surface area contributed by atoms with E-state index in [1.165, 1.54) is 6.20 Å². The van der Waals surface area contributed by atoms with Gasteiger partial charge in [0.2, 0.25) is 17.7 Å². The number of hydrogen-bond donors (Lipinski definition) is 3. The zero-order valence-corrected chi connectivity index (χ0v) is 31.2. The average molecular weight is 762 g/mol. The summed E-state index contributed by atoms with van der Waals surface area (Å²) in [6.07, 6.45) is 6.90. The fraction of sp³-hybridized carbons (Fsp3) is 0.375. The Bertz CT molecular complexity index is 2350. The molecule has 5 aromatic rings. The van der Waals surface area contributed by atoms with Crippen LogP contribution >= 0.6 is 11.6 Å². The van der Waals surface area contributed by atoms with Crippen LogP contribution in [0.25, 0.3) is 22.6 Å². The second-order valence-corrected chi connectivity index (χ2v) is 15.7. The first-order valence-corrected chi connectivity index (χ1v) is 19.0. The molecule has 1 saturated carbocycles. The van der Waals surface area contributed by atoms with Gasteiger partial charge in [-0.15, -0.1) is 0 Å². The largest absolute Gasteiger partial charge is 0.453 e. The molecule has 1 spiro atoms. The van der Waals surface area contributed by atoms with Gasteiger partial charge < -0.3 is 24.8 Å². The Morgan fingerprint density at radius 2 is 1.84 bits per heavy atom. The van der Waals surface area contributed by atoms with Gasteiger partial charge in [0.15, 0.2) is 11.4 Å². The lowest BCUT2D eigenvalue weighted by Crippen LogP contribution is -2.54. The van der Waals surface area contributed by atoms with E-state index in [1.807, 2.05) is 44.4 Å². The molecule has 3 aromatic heterocycles. The Morgan fingerprint density at radius 1 is 1.05 bits per heavy atom. The number of aromatic amines is 1. The number of rotatable bonds is 8. The minimum absolute atomic E-state index is 0.0334. The molecule has 4 fully saturated rings. The number of benzene rings is 2. The predicted octanol–water partition coefficient (Wildman–Crippen LogP) is 4.88. The van der Waals surface area contributed by atoms with Crippen molar-refractivity contribution in [3.8, 4) is 22.9 Å². The smallest absolute Gasteiger partial charge is 0.253 e. The number of imide groups is 1. The van der Waals surface area contributed by atoms with E-state index in [2.05, 4.69) is 35.6 Å². The number of aromatic nitrogens is 5. The number of H-pyrrole nitrogens is 1. The standard InChI is InChI=1S/C40H40ClN9O5/c1-22-29(19-48(2)47-22)35-45-33-34(31(41)17-42-36(33)46-35)55-27-11-7-24(8-12-27)39(54)50-20-40(21-50)16-30(40)38(53)43-25-4-3-15-49(18-25)26-9-5-23(6-10-26)28-13-14-32(51)44-37(28)52/h5-12,17,19,25,28,30H,3-4,13-16,18,20-21H2,1-2H3,(H,43,53)(H,42,45,46)(H,44,51,52)/t25?,28-,30?/m0/s1. The maximum Gasteiger partial charge on any atom is 0.253 e. The summed E-state index contributed by atoms with van der Waals surface area (Å²) in [5, 5.41) is 10.4. The second-order valence-electron chi connectivity index (χ2n) is 15.3. The van der Waals surface area contributed by atoms with Gasteiger partial charge in [-0.1, -0.05) is 23.7 Å². The first kappa shape index (κ1) is 35.0. The molecule has 0 bridgehead atoms. The number of nitrogens with zero attached hydrogens (tertiary/aromatic N) is 6. The summed E-state index contributed by atoms with van der Waals surface area (Å²) in [6.45, 7) is 4.62. The third kappa shape index (κ3) is 6.58. The quantitative estimate of drug-likeness (QED) is 0.187. The molecule has 4 aliphatic rings. The van der Waals surface area contributed by atoms with Crippen molar-refractivity contribution in [2.24, 2.45) is 18.4 Å². The predicted molar refractivity (Wildman–Crippen MR) is 204 cm³/mol. The zero-order chi connectivity index (χ0) is 38.0. The monoisotopic (exact) mass is 761 g/mol. The van der Waals surface area contributed by atoms with Crippen molar-refractivity contribution in [3.63, 3.8) is 0 Å². The van der Waals surface area contributed by atoms with E-state index < -0.39 is 0 Å². The van der Waals surface area contributed by atoms with Gasteiger partial charge in [-0.25, -0.2) is 9.97 Å². The van der Waals surface area contributed by atoms with E-state index in [0.29, 0.717) is 71.5 Å². The van der Waals surface area contributed by atoms with Gasteiger partial charge >= 0.3 is 0 Å². The fourth-order valence-corrected chi connectivity index (χ4v) is 8.60. The first-order chi connectivity index (χ1) is 26.5. The van der Waals surface area contributed by atoms with Crippen LogP contribution in [0.1, 0.15) is 59.6 Å². The molecule has 282 valence electrons. The highest BCUT2D eigenvalue weighted by Gasteiger charge is 2.65. The summed E-state index contributed by atoms with van der Waals surface area (Å²) in [4.78, 5) is 67.0. The number of carbonyl (C=O) groups excluding carboxylic acids is 4. The van der Waals surface area contributed by atoms with Crippen LogP contribution in [-0.2, 0) is 21.4 Å². The number of carbonyl (C=O) groups is 4. The Kier molecular flexibility index (Phi) is 8.60. The van der Waals surface area contributed by atoms with E-state index in [1.54, 1.807) is 33.8 Å². The van der Waals surface area contributed by atoms with Crippen molar-refractivity contribution in [3.05, 3.63) is 82.8 Å². The number of halogens is 1. The average Bonchev–Trinajstić information content (AvgIpc) is 3.63. The van der Waals surface area contributed by atoms with Crippen LogP contribution in [0.4, 0.5) is 5.69 Å². The molecule has 14 nitrogen and oxygen atoms in total. The molecule has 2 aromatic carbocycles. The summed E-state index contributed by atoms with van der Waals surface area (Å²) >= 11 is 6.52. The molecule has 0 radical (unpaired) electrons. The number of piperidine rings is 2. The normalized spacial score (nSPS) is 21.7. The summed E-state index contributed by atoms with van der Waals surface area (Å²) in [5.41, 5.74) is 5.03. The summed E-state index contributed by atoms with van der Waals surface area (Å²) in [7, 11) is 1.85. The fourth-order valence-electron chi connectivity index (χ4n) is 8.42. The van der Waals surface area contributed by atoms with Gasteiger partial charge in [0.25, 0.3) is 5.91 Å². The van der Waals surface area contributed by atoms with Gasteiger partial charge in [0.05, 0.1) is 23.4 Å². The number of pyridine rings is 1. The molecule has 1 aliphatic carbocycles. The van der Waals surface area contributed by atoms with Crippen molar-refractivity contribution >= 4 is 52.1 Å². The number of hydrogen-bond acceptors (Lipinski definition) is 9. The van der Waals surface area contributed by atoms with Gasteiger partial charge in [0.1, 0.15) is 22.1 Å². The van der Waals surface area contributed by atoms with Crippen LogP contribution in [0.15, 0.2) is 60.9 Å². The second kappa shape index (κ2) is 13.5. The van der Waals surface area contributed by atoms with Gasteiger partial charge in [0, 0.05) is 74.5 Å². The summed E-state index contributed by atoms with van der Waals surface area (Å²) in [5.74, 6) is 0.625. The molecule has 3 atom stereocenters. The Hall–Kier alpha value is -5.76. The van der Waals surface area contributed by atoms with Crippen LogP contribution in [0.2, 0.25) is 5.02 Å². The topological polar surface area (TPSA) is 167 Å². The number of anilines is 1. The highest BCUT2D eigenvalue weighted by Crippen LogP contribution is 2.59. The highest BCUT2D eigenvalue weighted by atomic mass is 35.5. The van der Waals surface area contributed by atoms with Crippen molar-refractivity contribution in [2.45, 2.75) is 51.0 Å². The van der Waals surface area contributed by atoms with Crippen molar-refractivity contribution in [1.82, 2.24) is 40.3 Å². The molecular formula is C40H40ClN9O5. The minimum atomic E-state index is -0.310. The number of likely N-dealkylation sites (tertiary alicyclic amines) is 1. The zero-order valence-electron chi connectivity index (χ0n) is 30.5. The Labute approximate surface area is 321 Å². The van der Waals surface area contributed by atoms with Gasteiger partial charge in [-0.2, -0.15) is 5.10 Å². The van der Waals surface area contributed by atoms with Crippen LogP contribution in [0.5, 0.6) is 11.5 Å². The van der Waals surface area contributed by atoms with Crippen LogP contribution in [-0.4, -0.2) is 85.5 Å². The van der Waals surface area contributed by atoms with E-state index in [0.717, 1.165) is 48.3 Å². The summed E-state index contributed by atoms with van der Waals surface area (Å²) < 4.78 is 7.92. The molecule has 9 rings (SSSR count). The first-order valence-electron chi connectivity index (χ1n) is 18.6. The Morgan fingerprint density at radius 3 is 2.56 bits per heavy atom. The third-order valence-electron chi connectivity index (χ3n) is 11.5. The molecular weight excluding hydrogens is 722 g/mol. The Balaban J connectivity index is 0.775. The van der Waals surface area contributed by atoms with Crippen LogP contribution in [0, 0.1) is 18.3 Å². The minimum Gasteiger partial charge on any atom is -0.453 e. The molecule has 4 amide bonds. The molecule has 15 heteroatoms. The number of fused-ring (bicyclic) bond motifs is 1. The van der Waals surface area contributed by atoms with Gasteiger partial charge in [-0.3, -0.25) is 29.2 Å². The van der Waals surface area contributed by atoms with E-state index in [9.17, 15) is 19.2 Å². The van der Waals surface area contributed by atoms with Crippen molar-refractivity contribution < 1.29 is 23.9 Å². The maximum atomic E-state index is 13.4. The lowest BCUT2D eigenvalue weighted by atomic mass is 9.90. The number of nitrogens with one attached hydrogen (secondary N) is 3. The number of imidazole rings is 1. The number of ether oxygens (including phenoxy) is 1. The van der Waals surface area contributed by atoms with Crippen molar-refractivity contribution in [1.29, 1.82) is 0 Å². The molecule has 3 saturated heterocycles. The van der Waals surface area contributed by atoms with E-state index in [4.69, 9.17) is 16.3 Å². The maximum absolute atomic E-state index is 13.4. The molecule has 3 N–H and O–H groups in total. The third-order valence-corrected chi connectivity index (χ3v) is 11.8. The number of aryl methyl sites for hydroxylation is 2. The summed E-state index contributed by atoms with van der Waals surface area (Å²) in [6, 6.07) is 15.0. The molecule has 3 aliphatic heterocycles. The molecule has 2 unspecified atom stereocenters. The van der Waals surface area contributed by atoms with Crippen LogP contribution < -0.4 is 20.3 Å². The molecule has 55 heavy (non-hydrogen) atoms. The van der Waals surface area contributed by atoms with Gasteiger partial charge in [-0.05, 0) is 74.6 Å². The molecule has 6 heterocycles. The lowest BCUT2D eigenvalue weighted by Gasteiger charge is -2.41. The van der Waals surface area contributed by atoms with Crippen molar-refractivity contribution in [2.75, 3.05) is 31.1 Å². The van der Waals surface area contributed by atoms with Crippen LogP contribution in [0.3, 0.4) is 0 Å². The highest BCUT2D eigenvalue weighted by molar-refractivity contribution is 6.32. The number of amides is 4. The SMILES string of the molecule is Cc1nn(C)cc1-c1nc2ncc(Cl)c(Oc3ccc(C(=O)N4CC5(CC5C(=O)NC5CCCN(c6ccc([C@@H]7CCC(=O)NC7=O)cc6)C5)C4)cc3)c2[nH]1. The van der Waals surface area contributed by atoms with E-state index >= 15 is 0 Å².